The lowest BCUT2D eigenvalue weighted by molar-refractivity contribution is 0.308. The minimum absolute atomic E-state index is 1.00. The predicted molar refractivity (Wildman–Crippen MR) is 67.8 cm³/mol. The molecule has 2 aliphatic rings. The van der Waals surface area contributed by atoms with Gasteiger partial charge in [0.2, 0.25) is 0 Å². The molecule has 1 N–H and O–H groups in total. The molecule has 0 bridgehead atoms. The molecule has 3 heteroatoms. The van der Waals surface area contributed by atoms with Crippen molar-refractivity contribution in [2.24, 2.45) is 0 Å². The molecule has 16 heavy (non-hydrogen) atoms. The van der Waals surface area contributed by atoms with E-state index in [4.69, 9.17) is 4.98 Å². The van der Waals surface area contributed by atoms with Crippen molar-refractivity contribution in [2.75, 3.05) is 25.5 Å². The third-order valence-corrected chi connectivity index (χ3v) is 3.14. The van der Waals surface area contributed by atoms with Crippen molar-refractivity contribution in [3.05, 3.63) is 22.9 Å². The van der Waals surface area contributed by atoms with Gasteiger partial charge in [0.15, 0.2) is 0 Å². The van der Waals surface area contributed by atoms with Crippen LogP contribution < -0.4 is 5.32 Å². The minimum atomic E-state index is 1.00. The SMILES string of the molecule is CC.CN1CCc2cc3c(nc2C1)NCC3. The van der Waals surface area contributed by atoms with Crippen molar-refractivity contribution in [3.63, 3.8) is 0 Å². The Kier molecular flexibility index (Phi) is 3.44. The minimum Gasteiger partial charge on any atom is -0.370 e. The highest BCUT2D eigenvalue weighted by Gasteiger charge is 2.19. The van der Waals surface area contributed by atoms with Gasteiger partial charge in [-0.05, 0) is 31.0 Å². The maximum absolute atomic E-state index is 4.69. The summed E-state index contributed by atoms with van der Waals surface area (Å²) < 4.78 is 0. The van der Waals surface area contributed by atoms with E-state index < -0.39 is 0 Å². The quantitative estimate of drug-likeness (QED) is 0.724. The molecule has 0 amide bonds. The first kappa shape index (κ1) is 11.4. The molecular formula is C13H21N3. The molecule has 0 spiro atoms. The molecule has 0 saturated carbocycles. The summed E-state index contributed by atoms with van der Waals surface area (Å²) in [6.45, 7) is 7.23. The molecule has 3 rings (SSSR count). The van der Waals surface area contributed by atoms with Gasteiger partial charge in [0.25, 0.3) is 0 Å². The summed E-state index contributed by atoms with van der Waals surface area (Å²) in [6, 6.07) is 2.35. The molecule has 0 fully saturated rings. The largest absolute Gasteiger partial charge is 0.370 e. The summed E-state index contributed by atoms with van der Waals surface area (Å²) in [5, 5.41) is 3.34. The van der Waals surface area contributed by atoms with E-state index in [9.17, 15) is 0 Å². The van der Waals surface area contributed by atoms with Crippen LogP contribution in [0, 0.1) is 0 Å². The Labute approximate surface area is 97.9 Å². The van der Waals surface area contributed by atoms with Gasteiger partial charge in [-0.1, -0.05) is 19.9 Å². The second-order valence-corrected chi connectivity index (χ2v) is 4.27. The van der Waals surface area contributed by atoms with E-state index in [1.807, 2.05) is 13.8 Å². The van der Waals surface area contributed by atoms with Crippen LogP contribution in [0.25, 0.3) is 0 Å². The highest BCUT2D eigenvalue weighted by Crippen LogP contribution is 2.25. The standard InChI is InChI=1S/C11H15N3.C2H6/c1-14-5-3-8-6-9-2-4-12-11(9)13-10(8)7-14;1-2/h6H,2-5,7H2,1H3,(H,12,13);1-2H3. The average Bonchev–Trinajstić information content (AvgIpc) is 2.75. The number of pyridine rings is 1. The average molecular weight is 219 g/mol. The van der Waals surface area contributed by atoms with E-state index in [0.29, 0.717) is 0 Å². The maximum atomic E-state index is 4.69. The fourth-order valence-electron chi connectivity index (χ4n) is 2.30. The molecule has 0 radical (unpaired) electrons. The van der Waals surface area contributed by atoms with Gasteiger partial charge in [-0.15, -0.1) is 0 Å². The lowest BCUT2D eigenvalue weighted by Crippen LogP contribution is -2.27. The number of likely N-dealkylation sites (N-methyl/N-ethyl adjacent to an activating group) is 1. The van der Waals surface area contributed by atoms with Crippen molar-refractivity contribution < 1.29 is 0 Å². The first-order chi connectivity index (χ1) is 7.83. The number of anilines is 1. The number of fused-ring (bicyclic) bond motifs is 2. The van der Waals surface area contributed by atoms with E-state index in [-0.39, 0.29) is 0 Å². The molecule has 0 unspecified atom stereocenters. The maximum Gasteiger partial charge on any atom is 0.129 e. The van der Waals surface area contributed by atoms with Crippen LogP contribution in [0.4, 0.5) is 5.82 Å². The normalized spacial score (nSPS) is 17.9. The third kappa shape index (κ3) is 2.05. The molecule has 1 aromatic heterocycles. The monoisotopic (exact) mass is 219 g/mol. The van der Waals surface area contributed by atoms with E-state index in [2.05, 4.69) is 23.3 Å². The van der Waals surface area contributed by atoms with Crippen LogP contribution in [0.15, 0.2) is 6.07 Å². The summed E-state index contributed by atoms with van der Waals surface area (Å²) >= 11 is 0. The Hall–Kier alpha value is -1.09. The fourth-order valence-corrected chi connectivity index (χ4v) is 2.30. The number of nitrogens with one attached hydrogen (secondary N) is 1. The molecular weight excluding hydrogens is 198 g/mol. The first-order valence-corrected chi connectivity index (χ1v) is 6.27. The van der Waals surface area contributed by atoms with Crippen LogP contribution in [0.5, 0.6) is 0 Å². The third-order valence-electron chi connectivity index (χ3n) is 3.14. The summed E-state index contributed by atoms with van der Waals surface area (Å²) in [7, 11) is 2.16. The lowest BCUT2D eigenvalue weighted by Gasteiger charge is -2.24. The second kappa shape index (κ2) is 4.83. The van der Waals surface area contributed by atoms with E-state index in [0.717, 1.165) is 31.7 Å². The molecule has 0 atom stereocenters. The second-order valence-electron chi connectivity index (χ2n) is 4.27. The van der Waals surface area contributed by atoms with Crippen LogP contribution in [-0.4, -0.2) is 30.0 Å². The highest BCUT2D eigenvalue weighted by atomic mass is 15.1. The summed E-state index contributed by atoms with van der Waals surface area (Å²) in [6.07, 6.45) is 2.30. The topological polar surface area (TPSA) is 28.2 Å². The highest BCUT2D eigenvalue weighted by molar-refractivity contribution is 5.52. The molecule has 2 aliphatic heterocycles. The zero-order chi connectivity index (χ0) is 11.5. The first-order valence-electron chi connectivity index (χ1n) is 6.27. The molecule has 0 saturated heterocycles. The number of rotatable bonds is 0. The summed E-state index contributed by atoms with van der Waals surface area (Å²) in [5.74, 6) is 1.12. The molecule has 0 aromatic carbocycles. The van der Waals surface area contributed by atoms with Gasteiger partial charge in [-0.3, -0.25) is 0 Å². The number of hydrogen-bond donors (Lipinski definition) is 1. The molecule has 1 aromatic rings. The molecule has 3 heterocycles. The molecule has 3 nitrogen and oxygen atoms in total. The van der Waals surface area contributed by atoms with Crippen LogP contribution in [-0.2, 0) is 19.4 Å². The Morgan fingerprint density at radius 1 is 1.25 bits per heavy atom. The van der Waals surface area contributed by atoms with Crippen LogP contribution in [0.2, 0.25) is 0 Å². The van der Waals surface area contributed by atoms with Gasteiger partial charge >= 0.3 is 0 Å². The van der Waals surface area contributed by atoms with Gasteiger partial charge in [0.1, 0.15) is 5.82 Å². The zero-order valence-electron chi connectivity index (χ0n) is 10.5. The van der Waals surface area contributed by atoms with Gasteiger partial charge < -0.3 is 10.2 Å². The Morgan fingerprint density at radius 2 is 2.06 bits per heavy atom. The van der Waals surface area contributed by atoms with E-state index in [1.54, 1.807) is 0 Å². The lowest BCUT2D eigenvalue weighted by atomic mass is 10.0. The van der Waals surface area contributed by atoms with Crippen LogP contribution in [0.1, 0.15) is 30.7 Å². The Morgan fingerprint density at radius 3 is 2.88 bits per heavy atom. The van der Waals surface area contributed by atoms with Crippen molar-refractivity contribution in [1.82, 2.24) is 9.88 Å². The fraction of sp³-hybridized carbons (Fsp3) is 0.615. The summed E-state index contributed by atoms with van der Waals surface area (Å²) in [4.78, 5) is 7.02. The predicted octanol–water partition coefficient (Wildman–Crippen LogP) is 2.06. The Balaban J connectivity index is 0.000000457. The van der Waals surface area contributed by atoms with Gasteiger partial charge in [-0.25, -0.2) is 4.98 Å². The van der Waals surface area contributed by atoms with Crippen LogP contribution in [0.3, 0.4) is 0 Å². The molecule has 88 valence electrons. The van der Waals surface area contributed by atoms with Gasteiger partial charge in [-0.2, -0.15) is 0 Å². The van der Waals surface area contributed by atoms with E-state index in [1.165, 1.54) is 23.4 Å². The zero-order valence-corrected chi connectivity index (χ0v) is 10.5. The van der Waals surface area contributed by atoms with Crippen molar-refractivity contribution >= 4 is 5.82 Å². The molecule has 0 aliphatic carbocycles. The van der Waals surface area contributed by atoms with Crippen molar-refractivity contribution in [3.8, 4) is 0 Å². The number of hydrogen-bond acceptors (Lipinski definition) is 3. The summed E-state index contributed by atoms with van der Waals surface area (Å²) in [5.41, 5.74) is 4.14. The van der Waals surface area contributed by atoms with Gasteiger partial charge in [0, 0.05) is 19.6 Å². The smallest absolute Gasteiger partial charge is 0.129 e. The van der Waals surface area contributed by atoms with Crippen LogP contribution >= 0.6 is 0 Å². The van der Waals surface area contributed by atoms with Gasteiger partial charge in [0.05, 0.1) is 5.69 Å². The van der Waals surface area contributed by atoms with Crippen molar-refractivity contribution in [1.29, 1.82) is 0 Å². The van der Waals surface area contributed by atoms with Crippen molar-refractivity contribution in [2.45, 2.75) is 33.2 Å². The Bertz CT molecular complexity index is 374. The number of aromatic nitrogens is 1. The van der Waals surface area contributed by atoms with E-state index >= 15 is 0 Å². The number of nitrogens with zero attached hydrogens (tertiary/aromatic N) is 2.